The van der Waals surface area contributed by atoms with Gasteiger partial charge in [0.1, 0.15) is 0 Å². The average Bonchev–Trinajstić information content (AvgIpc) is 3.54. The van der Waals surface area contributed by atoms with E-state index in [2.05, 4.69) is 105 Å². The Hall–Kier alpha value is -5.24. The number of hydrogen-bond acceptors (Lipinski definition) is 4. The van der Waals surface area contributed by atoms with Crippen LogP contribution in [0.1, 0.15) is 50.7 Å². The number of amides is 2. The molecule has 0 fully saturated rings. The number of nitrogens with one attached hydrogen (secondary N) is 2. The van der Waals surface area contributed by atoms with Crippen LogP contribution >= 0.6 is 0 Å². The van der Waals surface area contributed by atoms with E-state index in [1.54, 1.807) is 12.4 Å². The summed E-state index contributed by atoms with van der Waals surface area (Å²) in [5.74, 6) is -0.355. The summed E-state index contributed by atoms with van der Waals surface area (Å²) in [7, 11) is 0. The summed E-state index contributed by atoms with van der Waals surface area (Å²) in [6.07, 6.45) is 5.09. The molecular formula is C36H36N6O2. The van der Waals surface area contributed by atoms with Gasteiger partial charge in [-0.25, -0.2) is 10.9 Å². The van der Waals surface area contributed by atoms with E-state index in [1.165, 1.54) is 43.6 Å². The molecule has 8 heteroatoms. The van der Waals surface area contributed by atoms with Gasteiger partial charge in [0.15, 0.2) is 0 Å². The molecule has 222 valence electrons. The fourth-order valence-corrected chi connectivity index (χ4v) is 6.03. The topological polar surface area (TPSA) is 92.8 Å². The molecule has 6 rings (SSSR count). The van der Waals surface area contributed by atoms with Gasteiger partial charge in [0.2, 0.25) is 11.8 Å². The Morgan fingerprint density at radius 3 is 1.43 bits per heavy atom. The molecule has 8 nitrogen and oxygen atoms in total. The van der Waals surface area contributed by atoms with E-state index in [-0.39, 0.29) is 11.8 Å². The van der Waals surface area contributed by atoms with Crippen molar-refractivity contribution in [3.8, 4) is 0 Å². The Bertz CT molecular complexity index is 1900. The SMILES string of the molecule is CCn1c2ccccc2c2cc(/C=N\NC(=O)CCCCC(=O)N/N=C\c3ccc4c(c3)c3ccccc3n4CC)ccc21. The number of para-hydroxylation sites is 2. The number of carbonyl (C=O) groups is 2. The number of aromatic nitrogens is 2. The number of rotatable bonds is 11. The van der Waals surface area contributed by atoms with Gasteiger partial charge in [-0.1, -0.05) is 48.5 Å². The summed E-state index contributed by atoms with van der Waals surface area (Å²) in [5.41, 5.74) is 11.8. The number of unbranched alkanes of at least 4 members (excludes halogenated alkanes) is 1. The Labute approximate surface area is 256 Å². The third-order valence-corrected chi connectivity index (χ3v) is 8.09. The first kappa shape index (κ1) is 28.9. The second-order valence-corrected chi connectivity index (χ2v) is 10.9. The van der Waals surface area contributed by atoms with Crippen LogP contribution in [0, 0.1) is 0 Å². The highest BCUT2D eigenvalue weighted by molar-refractivity contribution is 6.10. The summed E-state index contributed by atoms with van der Waals surface area (Å²) in [4.78, 5) is 24.6. The van der Waals surface area contributed by atoms with Crippen LogP contribution in [-0.2, 0) is 22.7 Å². The van der Waals surface area contributed by atoms with E-state index >= 15 is 0 Å². The lowest BCUT2D eigenvalue weighted by Crippen LogP contribution is -2.19. The first-order valence-electron chi connectivity index (χ1n) is 15.2. The maximum absolute atomic E-state index is 12.3. The smallest absolute Gasteiger partial charge is 0.240 e. The molecule has 2 amide bonds. The molecule has 0 bridgehead atoms. The van der Waals surface area contributed by atoms with Gasteiger partial charge in [0.25, 0.3) is 0 Å². The van der Waals surface area contributed by atoms with Crippen LogP contribution in [0.15, 0.2) is 95.1 Å². The van der Waals surface area contributed by atoms with Crippen LogP contribution in [0.5, 0.6) is 0 Å². The number of nitrogens with zero attached hydrogens (tertiary/aromatic N) is 4. The molecule has 0 radical (unpaired) electrons. The Balaban J connectivity index is 0.953. The number of benzene rings is 4. The quantitative estimate of drug-likeness (QED) is 0.0966. The van der Waals surface area contributed by atoms with Gasteiger partial charge in [0, 0.05) is 69.5 Å². The molecule has 0 aliphatic heterocycles. The molecule has 0 saturated carbocycles. The van der Waals surface area contributed by atoms with Crippen molar-refractivity contribution in [1.82, 2.24) is 20.0 Å². The molecule has 0 aliphatic carbocycles. The maximum atomic E-state index is 12.3. The zero-order valence-corrected chi connectivity index (χ0v) is 25.1. The largest absolute Gasteiger partial charge is 0.341 e. The summed E-state index contributed by atoms with van der Waals surface area (Å²) < 4.78 is 4.60. The number of hydrazone groups is 2. The van der Waals surface area contributed by atoms with Gasteiger partial charge in [-0.15, -0.1) is 0 Å². The normalized spacial score (nSPS) is 12.0. The minimum atomic E-state index is -0.178. The van der Waals surface area contributed by atoms with Gasteiger partial charge in [-0.05, 0) is 74.2 Å². The van der Waals surface area contributed by atoms with Crippen molar-refractivity contribution in [2.75, 3.05) is 0 Å². The van der Waals surface area contributed by atoms with Crippen LogP contribution in [-0.4, -0.2) is 33.4 Å². The van der Waals surface area contributed by atoms with Crippen molar-refractivity contribution < 1.29 is 9.59 Å². The van der Waals surface area contributed by atoms with Crippen LogP contribution in [0.25, 0.3) is 43.6 Å². The van der Waals surface area contributed by atoms with Crippen molar-refractivity contribution in [1.29, 1.82) is 0 Å². The van der Waals surface area contributed by atoms with Gasteiger partial charge in [-0.3, -0.25) is 9.59 Å². The van der Waals surface area contributed by atoms with Crippen LogP contribution < -0.4 is 10.9 Å². The highest BCUT2D eigenvalue weighted by Crippen LogP contribution is 2.30. The molecule has 44 heavy (non-hydrogen) atoms. The summed E-state index contributed by atoms with van der Waals surface area (Å²) in [6.45, 7) is 6.08. The molecule has 2 aromatic heterocycles. The van der Waals surface area contributed by atoms with E-state index in [9.17, 15) is 9.59 Å². The van der Waals surface area contributed by atoms with Crippen LogP contribution in [0.2, 0.25) is 0 Å². The highest BCUT2D eigenvalue weighted by Gasteiger charge is 2.11. The lowest BCUT2D eigenvalue weighted by molar-refractivity contribution is -0.123. The zero-order chi connectivity index (χ0) is 30.5. The van der Waals surface area contributed by atoms with Crippen molar-refractivity contribution >= 4 is 67.9 Å². The lowest BCUT2D eigenvalue weighted by atomic mass is 10.1. The van der Waals surface area contributed by atoms with Crippen LogP contribution in [0.4, 0.5) is 0 Å². The van der Waals surface area contributed by atoms with E-state index in [0.29, 0.717) is 25.7 Å². The molecular weight excluding hydrogens is 548 g/mol. The Morgan fingerprint density at radius 2 is 1.00 bits per heavy atom. The molecule has 0 aliphatic rings. The average molecular weight is 585 g/mol. The Morgan fingerprint density at radius 1 is 0.591 bits per heavy atom. The molecule has 0 saturated heterocycles. The minimum absolute atomic E-state index is 0.178. The predicted octanol–water partition coefficient (Wildman–Crippen LogP) is 7.10. The standard InChI is InChI=1S/C36H36N6O2/c1-3-41-31-13-7-5-11-27(31)29-21-25(17-19-33(29)41)23-37-39-35(43)15-9-10-16-36(44)40-38-24-26-18-20-34-30(22-26)28-12-6-8-14-32(28)42(34)4-2/h5-8,11-14,17-24H,3-4,9-10,15-16H2,1-2H3,(H,39,43)(H,40,44)/b37-23-,38-24-. The molecule has 2 N–H and O–H groups in total. The van der Waals surface area contributed by atoms with Crippen molar-refractivity contribution in [3.05, 3.63) is 96.1 Å². The molecule has 4 aromatic carbocycles. The van der Waals surface area contributed by atoms with Gasteiger partial charge in [0.05, 0.1) is 12.4 Å². The van der Waals surface area contributed by atoms with Crippen molar-refractivity contribution in [2.24, 2.45) is 10.2 Å². The van der Waals surface area contributed by atoms with E-state index < -0.39 is 0 Å². The molecule has 2 heterocycles. The zero-order valence-electron chi connectivity index (χ0n) is 25.1. The lowest BCUT2D eigenvalue weighted by Gasteiger charge is -2.03. The first-order valence-corrected chi connectivity index (χ1v) is 15.2. The number of carbonyl (C=O) groups excluding carboxylic acids is 2. The maximum Gasteiger partial charge on any atom is 0.240 e. The van der Waals surface area contributed by atoms with Gasteiger partial charge in [-0.2, -0.15) is 10.2 Å². The fourth-order valence-electron chi connectivity index (χ4n) is 6.03. The van der Waals surface area contributed by atoms with Gasteiger partial charge >= 0.3 is 0 Å². The fraction of sp³-hybridized carbons (Fsp3) is 0.222. The van der Waals surface area contributed by atoms with E-state index in [4.69, 9.17) is 0 Å². The predicted molar refractivity (Wildman–Crippen MR) is 180 cm³/mol. The summed E-state index contributed by atoms with van der Waals surface area (Å²) in [6, 6.07) is 29.2. The van der Waals surface area contributed by atoms with Gasteiger partial charge < -0.3 is 9.13 Å². The third kappa shape index (κ3) is 5.83. The number of fused-ring (bicyclic) bond motifs is 6. The van der Waals surface area contributed by atoms with Crippen molar-refractivity contribution in [2.45, 2.75) is 52.6 Å². The molecule has 0 unspecified atom stereocenters. The third-order valence-electron chi connectivity index (χ3n) is 8.09. The Kier molecular flexibility index (Phi) is 8.50. The molecule has 0 spiro atoms. The minimum Gasteiger partial charge on any atom is -0.341 e. The second kappa shape index (κ2) is 13.0. The second-order valence-electron chi connectivity index (χ2n) is 10.9. The summed E-state index contributed by atoms with van der Waals surface area (Å²) in [5, 5.41) is 13.0. The summed E-state index contributed by atoms with van der Waals surface area (Å²) >= 11 is 0. The number of aryl methyl sites for hydroxylation is 2. The highest BCUT2D eigenvalue weighted by atomic mass is 16.2. The van der Waals surface area contributed by atoms with E-state index in [1.807, 2.05) is 24.3 Å². The first-order chi connectivity index (χ1) is 21.6. The van der Waals surface area contributed by atoms with Crippen molar-refractivity contribution in [3.63, 3.8) is 0 Å². The molecule has 6 aromatic rings. The number of hydrogen-bond donors (Lipinski definition) is 2. The molecule has 0 atom stereocenters. The van der Waals surface area contributed by atoms with Crippen LogP contribution in [0.3, 0.4) is 0 Å². The van der Waals surface area contributed by atoms with E-state index in [0.717, 1.165) is 24.2 Å². The monoisotopic (exact) mass is 584 g/mol.